The van der Waals surface area contributed by atoms with Crippen LogP contribution in [0.25, 0.3) is 0 Å². The molecule has 0 saturated carbocycles. The number of hydrogen-bond donors (Lipinski definition) is 8. The summed E-state index contributed by atoms with van der Waals surface area (Å²) >= 11 is 0. The highest BCUT2D eigenvalue weighted by atomic mass is 16.6. The predicted octanol–water partition coefficient (Wildman–Crippen LogP) is 2.71. The predicted molar refractivity (Wildman–Crippen MR) is 389 cm³/mol. The molecule has 0 aliphatic heterocycles. The average Bonchev–Trinajstić information content (AvgIpc) is 1.66. The van der Waals surface area contributed by atoms with E-state index in [1.807, 2.05) is 41.5 Å². The molecule has 0 unspecified atom stereocenters. The van der Waals surface area contributed by atoms with Gasteiger partial charge in [0.25, 0.3) is 35.4 Å². The Balaban J connectivity index is 0.000000340. The van der Waals surface area contributed by atoms with Crippen LogP contribution in [0.15, 0.2) is 91.0 Å². The standard InChI is InChI=1S/C15H17N5O5.C15H18N4O3.C7H13N5O.C7H10N4O3.C7H12N4O.C6H8N4O3.C4H3N3O4/c1-18(2)14(21)11-12(20(23)24)13(19(3)17-11)16-15(22)25-9-10-7-5-4-6-8-10;1-18(2)14(20)12-9-13(19(3)17-12)16-15(21)22-10-11-7-5-4-6-8-11;1-11(2)7(13)5-4(8)6(9)12(3)10-5;1-9(2)7(12)5-4-6(11(13)14)10(3)8-5;1-10(2)7(12)5-4-6(8)11(3)9-5;1-9(2)6(11)4-3-5(8-7-4)10(12)13;8-4(9)2-1-3(6-5-2)7(10)11/h4-8H,9H2,1-3H3,(H,16,22);4-9H,10H2,1-3H3,(H,16,21);8-9H2,1-3H3;4H,1-3H3;4H,8H2,1-3H3;3H,1-2H3,(H,7,8);1H,(H,5,6)(H,8,9). The largest absolute Gasteiger partial charge is 0.476 e. The summed E-state index contributed by atoms with van der Waals surface area (Å²) in [7, 11) is 26.8. The molecule has 0 bridgehead atoms. The zero-order valence-electron chi connectivity index (χ0n) is 62.3. The normalized spacial score (nSPS) is 9.97. The third kappa shape index (κ3) is 26.2. The van der Waals surface area contributed by atoms with E-state index < -0.39 is 55.3 Å². The second-order valence-corrected chi connectivity index (χ2v) is 23.2. The number of nitro groups is 4. The Labute approximate surface area is 623 Å². The lowest BCUT2D eigenvalue weighted by molar-refractivity contribution is -0.392. The lowest BCUT2D eigenvalue weighted by atomic mass is 10.2. The lowest BCUT2D eigenvalue weighted by Gasteiger charge is -2.07. The fourth-order valence-corrected chi connectivity index (χ4v) is 7.78. The molecule has 9 rings (SSSR count). The van der Waals surface area contributed by atoms with Crippen LogP contribution in [0, 0.1) is 40.5 Å². The molecule has 110 heavy (non-hydrogen) atoms. The molecule has 2 aromatic carbocycles. The number of carbonyl (C=O) groups excluding carboxylic acids is 8. The monoisotopic (exact) mass is 1540 g/mol. The van der Waals surface area contributed by atoms with Gasteiger partial charge in [-0.2, -0.15) is 20.4 Å². The van der Waals surface area contributed by atoms with Gasteiger partial charge in [0.2, 0.25) is 11.5 Å². The maximum absolute atomic E-state index is 12.0. The highest BCUT2D eigenvalue weighted by Gasteiger charge is 2.34. The van der Waals surface area contributed by atoms with Crippen LogP contribution >= 0.6 is 0 Å². The molecule has 0 radical (unpaired) electrons. The number of carboxylic acid groups (broad SMARTS) is 1. The Morgan fingerprint density at radius 1 is 0.445 bits per heavy atom. The van der Waals surface area contributed by atoms with Gasteiger partial charge in [-0.25, -0.2) is 19.1 Å². The number of hydrogen-bond acceptors (Lipinski definition) is 29. The summed E-state index contributed by atoms with van der Waals surface area (Å²) in [6.07, 6.45) is -1.49. The van der Waals surface area contributed by atoms with Gasteiger partial charge >= 0.3 is 41.3 Å². The summed E-state index contributed by atoms with van der Waals surface area (Å²) in [6.45, 7) is 0.176. The quantitative estimate of drug-likeness (QED) is 0.0480. The van der Waals surface area contributed by atoms with Gasteiger partial charge < -0.3 is 91.5 Å². The van der Waals surface area contributed by atoms with Crippen molar-refractivity contribution >= 4 is 106 Å². The first-order chi connectivity index (χ1) is 51.3. The van der Waals surface area contributed by atoms with Crippen molar-refractivity contribution in [3.63, 3.8) is 0 Å². The number of nitrogens with zero attached hydrogens (tertiary/aromatic N) is 22. The molecular formula is C61H81N29O20. The van der Waals surface area contributed by atoms with Gasteiger partial charge in [0.05, 0.1) is 23.1 Å². The van der Waals surface area contributed by atoms with Crippen LogP contribution < -0.4 is 27.8 Å². The van der Waals surface area contributed by atoms with E-state index in [-0.39, 0.29) is 100 Å². The fraction of sp³-hybridized carbons (Fsp3) is 0.311. The van der Waals surface area contributed by atoms with Crippen LogP contribution in [0.1, 0.15) is 84.5 Å². The molecule has 0 spiro atoms. The number of nitrogen functional groups attached to an aromatic ring is 3. The molecule has 49 heteroatoms. The number of anilines is 5. The smallest absolute Gasteiger partial charge is 0.413 e. The van der Waals surface area contributed by atoms with Crippen molar-refractivity contribution in [3.8, 4) is 0 Å². The third-order valence-electron chi connectivity index (χ3n) is 13.5. The van der Waals surface area contributed by atoms with Crippen molar-refractivity contribution in [2.24, 2.45) is 35.2 Å². The first kappa shape index (κ1) is 89.0. The summed E-state index contributed by atoms with van der Waals surface area (Å²) in [5, 5.41) is 85.3. The van der Waals surface area contributed by atoms with Crippen molar-refractivity contribution in [1.29, 1.82) is 0 Å². The van der Waals surface area contributed by atoms with Gasteiger partial charge in [-0.3, -0.25) is 63.6 Å². The van der Waals surface area contributed by atoms with Gasteiger partial charge in [0.15, 0.2) is 34.2 Å². The number of aromatic amines is 2. The zero-order chi connectivity index (χ0) is 83.5. The van der Waals surface area contributed by atoms with Crippen LogP contribution in [-0.2, 0) is 57.9 Å². The van der Waals surface area contributed by atoms with E-state index in [0.717, 1.165) is 43.6 Å². The molecular weight excluding hydrogens is 1460 g/mol. The van der Waals surface area contributed by atoms with E-state index >= 15 is 0 Å². The maximum Gasteiger partial charge on any atom is 0.413 e. The van der Waals surface area contributed by atoms with Crippen LogP contribution in [0.2, 0.25) is 0 Å². The fourth-order valence-electron chi connectivity index (χ4n) is 7.78. The van der Waals surface area contributed by atoms with E-state index in [1.165, 1.54) is 72.8 Å². The minimum absolute atomic E-state index is 0.00179. The van der Waals surface area contributed by atoms with Crippen LogP contribution in [0.3, 0.4) is 0 Å². The Kier molecular flexibility index (Phi) is 32.9. The van der Waals surface area contributed by atoms with Crippen LogP contribution in [0.4, 0.5) is 61.7 Å². The van der Waals surface area contributed by atoms with E-state index in [2.05, 4.69) is 51.4 Å². The first-order valence-electron chi connectivity index (χ1n) is 31.0. The summed E-state index contributed by atoms with van der Waals surface area (Å²) < 4.78 is 16.5. The molecule has 0 aliphatic rings. The number of H-pyrrole nitrogens is 2. The summed E-state index contributed by atoms with van der Waals surface area (Å²) in [5.41, 5.74) is 18.2. The number of carboxylic acids is 1. The number of rotatable bonds is 17. The number of amides is 8. The maximum atomic E-state index is 12.0. The Morgan fingerprint density at radius 3 is 1.19 bits per heavy atom. The Morgan fingerprint density at radius 2 is 0.827 bits per heavy atom. The molecule has 0 saturated heterocycles. The summed E-state index contributed by atoms with van der Waals surface area (Å²) in [5.74, 6) is -3.24. The SMILES string of the molecule is CN(C)C(=O)c1cc(N)n(C)n1.CN(C)C(=O)c1cc(NC(=O)OCc2ccccc2)n(C)n1.CN(C)C(=O)c1cc([N+](=O)[O-])[nH]n1.CN(C)C(=O)c1cc([N+](=O)[O-])n(C)n1.CN(C)C(=O)c1nn(C)c(N)c1N.CN(C)C(=O)c1nn(C)c(NC(=O)OCc2ccccc2)c1[N+](=O)[O-].O=C(O)c1cc([N+](=O)[O-])[nH]n1. The van der Waals surface area contributed by atoms with Gasteiger partial charge in [-0.1, -0.05) is 76.0 Å². The molecule has 11 N–H and O–H groups in total. The van der Waals surface area contributed by atoms with Crippen LogP contribution in [-0.4, -0.2) is 262 Å². The molecule has 9 aromatic rings. The number of aryl methyl sites for hydroxylation is 5. The molecule has 590 valence electrons. The van der Waals surface area contributed by atoms with Gasteiger partial charge in [0.1, 0.15) is 43.4 Å². The molecule has 49 nitrogen and oxygen atoms in total. The molecule has 0 aliphatic carbocycles. The number of aromatic carboxylic acids is 1. The zero-order valence-corrected chi connectivity index (χ0v) is 62.3. The number of carbonyl (C=O) groups is 9. The molecule has 7 aromatic heterocycles. The lowest BCUT2D eigenvalue weighted by Crippen LogP contribution is -2.23. The van der Waals surface area contributed by atoms with E-state index in [1.54, 1.807) is 122 Å². The van der Waals surface area contributed by atoms with E-state index in [0.29, 0.717) is 23.1 Å². The first-order valence-corrected chi connectivity index (χ1v) is 31.0. The van der Waals surface area contributed by atoms with Crippen molar-refractivity contribution in [2.75, 3.05) is 112 Å². The second kappa shape index (κ2) is 40.7. The average molecular weight is 1540 g/mol. The van der Waals surface area contributed by atoms with Crippen molar-refractivity contribution in [2.45, 2.75) is 13.2 Å². The second-order valence-electron chi connectivity index (χ2n) is 23.2. The number of benzene rings is 2. The van der Waals surface area contributed by atoms with Crippen molar-refractivity contribution in [1.82, 2.24) is 98.7 Å². The van der Waals surface area contributed by atoms with E-state index in [9.17, 15) is 83.6 Å². The summed E-state index contributed by atoms with van der Waals surface area (Å²) in [6, 6.07) is 24.5. The van der Waals surface area contributed by atoms with Gasteiger partial charge in [-0.15, -0.1) is 14.9 Å². The number of ether oxygens (including phenoxy) is 2. The van der Waals surface area contributed by atoms with Gasteiger partial charge in [0, 0.05) is 125 Å². The molecule has 8 amide bonds. The number of aromatic nitrogens is 14. The number of nitrogens with two attached hydrogens (primary N) is 3. The molecule has 7 heterocycles. The minimum atomic E-state index is -1.30. The third-order valence-corrected chi connectivity index (χ3v) is 13.5. The van der Waals surface area contributed by atoms with Crippen molar-refractivity contribution in [3.05, 3.63) is 182 Å². The van der Waals surface area contributed by atoms with Gasteiger partial charge in [-0.05, 0) is 25.9 Å². The molecule has 0 fully saturated rings. The Hall–Kier alpha value is -15.3. The van der Waals surface area contributed by atoms with Crippen LogP contribution in [0.5, 0.6) is 0 Å². The van der Waals surface area contributed by atoms with Crippen molar-refractivity contribution < 1.29 is 77.4 Å². The highest BCUT2D eigenvalue weighted by Crippen LogP contribution is 2.29. The molecule has 0 atom stereocenters. The topological polar surface area (TPSA) is 633 Å². The van der Waals surface area contributed by atoms with E-state index in [4.69, 9.17) is 31.8 Å². The summed E-state index contributed by atoms with van der Waals surface area (Å²) in [4.78, 5) is 150. The number of nitrogens with one attached hydrogen (secondary N) is 4. The Bertz CT molecular complexity index is 4710. The highest BCUT2D eigenvalue weighted by molar-refractivity contribution is 6.01. The minimum Gasteiger partial charge on any atom is -0.476 e.